The van der Waals surface area contributed by atoms with Gasteiger partial charge in [0, 0.05) is 10.4 Å². The van der Waals surface area contributed by atoms with Gasteiger partial charge in [-0.3, -0.25) is 0 Å². The van der Waals surface area contributed by atoms with Crippen LogP contribution in [-0.2, 0) is 6.54 Å². The summed E-state index contributed by atoms with van der Waals surface area (Å²) in [6.07, 6.45) is 1.87. The SMILES string of the molecule is Cc1ccc(-c2cnc3ccc(NCc4cccs4)nn23)cc1. The molecule has 0 bridgehead atoms. The van der Waals surface area contributed by atoms with E-state index in [-0.39, 0.29) is 0 Å². The molecular formula is C18H16N4S. The second kappa shape index (κ2) is 5.85. The Hall–Kier alpha value is -2.66. The van der Waals surface area contributed by atoms with Crippen LogP contribution >= 0.6 is 11.3 Å². The van der Waals surface area contributed by atoms with Gasteiger partial charge in [0.2, 0.25) is 0 Å². The van der Waals surface area contributed by atoms with Crippen molar-refractivity contribution in [3.05, 3.63) is 70.5 Å². The minimum absolute atomic E-state index is 0.782. The Balaban J connectivity index is 1.67. The van der Waals surface area contributed by atoms with Crippen LogP contribution in [0.3, 0.4) is 0 Å². The van der Waals surface area contributed by atoms with Crippen LogP contribution in [0.15, 0.2) is 60.1 Å². The minimum Gasteiger partial charge on any atom is -0.364 e. The molecule has 114 valence electrons. The third-order valence-corrected chi connectivity index (χ3v) is 4.61. The van der Waals surface area contributed by atoms with Gasteiger partial charge < -0.3 is 5.32 Å². The molecular weight excluding hydrogens is 304 g/mol. The molecule has 0 saturated carbocycles. The van der Waals surface area contributed by atoms with Crippen molar-refractivity contribution in [2.24, 2.45) is 0 Å². The number of anilines is 1. The van der Waals surface area contributed by atoms with E-state index >= 15 is 0 Å². The fraction of sp³-hybridized carbons (Fsp3) is 0.111. The summed E-state index contributed by atoms with van der Waals surface area (Å²) in [4.78, 5) is 5.73. The van der Waals surface area contributed by atoms with Gasteiger partial charge in [-0.05, 0) is 30.5 Å². The highest BCUT2D eigenvalue weighted by Crippen LogP contribution is 2.21. The topological polar surface area (TPSA) is 42.2 Å². The summed E-state index contributed by atoms with van der Waals surface area (Å²) in [7, 11) is 0. The number of thiophene rings is 1. The molecule has 0 aliphatic rings. The zero-order valence-electron chi connectivity index (χ0n) is 12.7. The summed E-state index contributed by atoms with van der Waals surface area (Å²) >= 11 is 1.74. The smallest absolute Gasteiger partial charge is 0.154 e. The van der Waals surface area contributed by atoms with Gasteiger partial charge in [0.05, 0.1) is 18.4 Å². The van der Waals surface area contributed by atoms with Gasteiger partial charge in [0.1, 0.15) is 5.82 Å². The normalized spacial score (nSPS) is 11.0. The summed E-state index contributed by atoms with van der Waals surface area (Å²) in [5.74, 6) is 0.845. The van der Waals surface area contributed by atoms with Crippen molar-refractivity contribution < 1.29 is 0 Å². The maximum absolute atomic E-state index is 4.68. The van der Waals surface area contributed by atoms with Crippen LogP contribution < -0.4 is 5.32 Å². The van der Waals surface area contributed by atoms with Crippen molar-refractivity contribution in [1.29, 1.82) is 0 Å². The summed E-state index contributed by atoms with van der Waals surface area (Å²) in [5.41, 5.74) is 4.21. The number of benzene rings is 1. The summed E-state index contributed by atoms with van der Waals surface area (Å²) in [5, 5.41) is 10.1. The van der Waals surface area contributed by atoms with Crippen LogP contribution in [0.4, 0.5) is 5.82 Å². The Labute approximate surface area is 138 Å². The molecule has 0 fully saturated rings. The number of hydrogen-bond acceptors (Lipinski definition) is 4. The van der Waals surface area contributed by atoms with Crippen molar-refractivity contribution in [3.8, 4) is 11.3 Å². The van der Waals surface area contributed by atoms with Gasteiger partial charge in [0.25, 0.3) is 0 Å². The largest absolute Gasteiger partial charge is 0.364 e. The van der Waals surface area contributed by atoms with Crippen molar-refractivity contribution in [2.75, 3.05) is 5.32 Å². The second-order valence-corrected chi connectivity index (χ2v) is 6.46. The Bertz CT molecular complexity index is 923. The van der Waals surface area contributed by atoms with E-state index < -0.39 is 0 Å². The molecule has 0 radical (unpaired) electrons. The highest BCUT2D eigenvalue weighted by atomic mass is 32.1. The molecule has 0 atom stereocenters. The number of aromatic nitrogens is 3. The van der Waals surface area contributed by atoms with E-state index in [1.807, 2.05) is 22.8 Å². The molecule has 0 spiro atoms. The molecule has 0 unspecified atom stereocenters. The molecule has 0 aliphatic carbocycles. The van der Waals surface area contributed by atoms with E-state index in [2.05, 4.69) is 64.1 Å². The molecule has 3 aromatic heterocycles. The van der Waals surface area contributed by atoms with Crippen LogP contribution in [0.5, 0.6) is 0 Å². The van der Waals surface area contributed by atoms with Crippen molar-refractivity contribution in [3.63, 3.8) is 0 Å². The van der Waals surface area contributed by atoms with Crippen LogP contribution in [-0.4, -0.2) is 14.6 Å². The monoisotopic (exact) mass is 320 g/mol. The lowest BCUT2D eigenvalue weighted by molar-refractivity contribution is 0.933. The van der Waals surface area contributed by atoms with Crippen LogP contribution in [0.25, 0.3) is 16.9 Å². The predicted molar refractivity (Wildman–Crippen MR) is 94.8 cm³/mol. The first-order valence-electron chi connectivity index (χ1n) is 7.48. The zero-order chi connectivity index (χ0) is 15.6. The van der Waals surface area contributed by atoms with E-state index in [0.717, 1.165) is 29.3 Å². The Morgan fingerprint density at radius 3 is 2.74 bits per heavy atom. The summed E-state index contributed by atoms with van der Waals surface area (Å²) < 4.78 is 1.89. The van der Waals surface area contributed by atoms with E-state index in [4.69, 9.17) is 0 Å². The molecule has 1 aromatic carbocycles. The van der Waals surface area contributed by atoms with Crippen molar-refractivity contribution in [1.82, 2.24) is 14.6 Å². The second-order valence-electron chi connectivity index (χ2n) is 5.43. The number of rotatable bonds is 4. The lowest BCUT2D eigenvalue weighted by Crippen LogP contribution is -2.03. The summed E-state index contributed by atoms with van der Waals surface area (Å²) in [6, 6.07) is 16.5. The lowest BCUT2D eigenvalue weighted by atomic mass is 10.1. The van der Waals surface area contributed by atoms with Gasteiger partial charge in [-0.1, -0.05) is 35.9 Å². The number of nitrogens with zero attached hydrogens (tertiary/aromatic N) is 3. The highest BCUT2D eigenvalue weighted by molar-refractivity contribution is 7.09. The number of aryl methyl sites for hydroxylation is 1. The summed E-state index contributed by atoms with van der Waals surface area (Å²) in [6.45, 7) is 2.87. The average molecular weight is 320 g/mol. The minimum atomic E-state index is 0.782. The molecule has 23 heavy (non-hydrogen) atoms. The zero-order valence-corrected chi connectivity index (χ0v) is 13.5. The van der Waals surface area contributed by atoms with E-state index in [1.165, 1.54) is 10.4 Å². The van der Waals surface area contributed by atoms with E-state index in [0.29, 0.717) is 0 Å². The van der Waals surface area contributed by atoms with Crippen molar-refractivity contribution in [2.45, 2.75) is 13.5 Å². The Morgan fingerprint density at radius 1 is 1.09 bits per heavy atom. The fourth-order valence-electron chi connectivity index (χ4n) is 2.48. The first kappa shape index (κ1) is 14.0. The van der Waals surface area contributed by atoms with E-state index in [1.54, 1.807) is 11.3 Å². The standard InChI is InChI=1S/C18H16N4S/c1-13-4-6-14(7-5-13)16-12-20-18-9-8-17(21-22(16)18)19-11-15-3-2-10-23-15/h2-10,12H,11H2,1H3,(H,19,21). The van der Waals surface area contributed by atoms with Gasteiger partial charge in [0.15, 0.2) is 5.65 Å². The first-order chi connectivity index (χ1) is 11.3. The number of imidazole rings is 1. The maximum atomic E-state index is 4.68. The first-order valence-corrected chi connectivity index (χ1v) is 8.36. The molecule has 4 rings (SSSR count). The number of nitrogens with one attached hydrogen (secondary N) is 1. The van der Waals surface area contributed by atoms with Crippen LogP contribution in [0.1, 0.15) is 10.4 Å². The molecule has 0 aliphatic heterocycles. The quantitative estimate of drug-likeness (QED) is 0.607. The molecule has 0 amide bonds. The van der Waals surface area contributed by atoms with Gasteiger partial charge in [-0.15, -0.1) is 16.4 Å². The molecule has 5 heteroatoms. The van der Waals surface area contributed by atoms with E-state index in [9.17, 15) is 0 Å². The highest BCUT2D eigenvalue weighted by Gasteiger charge is 2.08. The molecule has 3 heterocycles. The molecule has 0 saturated heterocycles. The molecule has 4 aromatic rings. The average Bonchev–Trinajstić information content (AvgIpc) is 3.23. The lowest BCUT2D eigenvalue weighted by Gasteiger charge is -2.06. The van der Waals surface area contributed by atoms with Crippen molar-refractivity contribution >= 4 is 22.8 Å². The fourth-order valence-corrected chi connectivity index (χ4v) is 3.12. The number of hydrogen-bond donors (Lipinski definition) is 1. The molecule has 1 N–H and O–H groups in total. The third-order valence-electron chi connectivity index (χ3n) is 3.73. The van der Waals surface area contributed by atoms with Gasteiger partial charge in [-0.2, -0.15) is 0 Å². The van der Waals surface area contributed by atoms with Crippen LogP contribution in [0, 0.1) is 6.92 Å². The van der Waals surface area contributed by atoms with Crippen LogP contribution in [0.2, 0.25) is 0 Å². The van der Waals surface area contributed by atoms with Gasteiger partial charge in [-0.25, -0.2) is 9.50 Å². The Kier molecular flexibility index (Phi) is 3.55. The molecule has 4 nitrogen and oxygen atoms in total. The predicted octanol–water partition coefficient (Wildman–Crippen LogP) is 4.38. The third kappa shape index (κ3) is 2.83. The van der Waals surface area contributed by atoms with Gasteiger partial charge >= 0.3 is 0 Å². The Morgan fingerprint density at radius 2 is 1.96 bits per heavy atom. The number of fused-ring (bicyclic) bond motifs is 1. The maximum Gasteiger partial charge on any atom is 0.154 e.